The van der Waals surface area contributed by atoms with Crippen LogP contribution in [0.1, 0.15) is 26.8 Å². The van der Waals surface area contributed by atoms with Gasteiger partial charge in [-0.05, 0) is 48.8 Å². The maximum Gasteiger partial charge on any atom is 0.327 e. The second-order valence-electron chi connectivity index (χ2n) is 5.73. The van der Waals surface area contributed by atoms with Gasteiger partial charge >= 0.3 is 5.97 Å². The Bertz CT molecular complexity index is 869. The van der Waals surface area contributed by atoms with Crippen molar-refractivity contribution in [2.75, 3.05) is 6.61 Å². The van der Waals surface area contributed by atoms with E-state index < -0.39 is 17.6 Å². The Morgan fingerprint density at radius 2 is 2.04 bits per heavy atom. The van der Waals surface area contributed by atoms with Crippen molar-refractivity contribution in [1.29, 1.82) is 0 Å². The standard InChI is InChI=1S/C17H19NO5S2/c1-4-23-12-7-10(5-6-11(12)19)13-8-14(20)18(17(24)25-13)15(9(2)3)16(21)22/h5-9,15,19H,4H2,1-3H3,(H,21,22). The second kappa shape index (κ2) is 7.79. The van der Waals surface area contributed by atoms with Gasteiger partial charge in [-0.15, -0.1) is 11.3 Å². The molecule has 6 nitrogen and oxygen atoms in total. The molecule has 1 aromatic carbocycles. The van der Waals surface area contributed by atoms with Gasteiger partial charge in [0.2, 0.25) is 0 Å². The van der Waals surface area contributed by atoms with Gasteiger partial charge in [0.25, 0.3) is 5.56 Å². The van der Waals surface area contributed by atoms with E-state index in [0.717, 1.165) is 15.9 Å². The van der Waals surface area contributed by atoms with Crippen LogP contribution >= 0.6 is 23.6 Å². The molecule has 0 aliphatic heterocycles. The third-order valence-corrected chi connectivity index (χ3v) is 4.98. The number of carbonyl (C=O) groups is 1. The smallest absolute Gasteiger partial charge is 0.327 e. The molecule has 2 N–H and O–H groups in total. The predicted octanol–water partition coefficient (Wildman–Crippen LogP) is 3.69. The van der Waals surface area contributed by atoms with Gasteiger partial charge in [-0.3, -0.25) is 9.36 Å². The predicted molar refractivity (Wildman–Crippen MR) is 99.2 cm³/mol. The molecule has 0 aliphatic carbocycles. The zero-order valence-electron chi connectivity index (χ0n) is 14.1. The van der Waals surface area contributed by atoms with Crippen molar-refractivity contribution in [3.63, 3.8) is 0 Å². The average molecular weight is 381 g/mol. The molecule has 0 fully saturated rings. The van der Waals surface area contributed by atoms with Crippen LogP contribution in [0.5, 0.6) is 11.5 Å². The monoisotopic (exact) mass is 381 g/mol. The minimum atomic E-state index is -1.09. The summed E-state index contributed by atoms with van der Waals surface area (Å²) < 4.78 is 6.68. The Hall–Kier alpha value is -2.19. The van der Waals surface area contributed by atoms with Crippen LogP contribution in [-0.2, 0) is 4.79 Å². The zero-order chi connectivity index (χ0) is 18.7. The summed E-state index contributed by atoms with van der Waals surface area (Å²) in [7, 11) is 0. The topological polar surface area (TPSA) is 88.8 Å². The zero-order valence-corrected chi connectivity index (χ0v) is 15.7. The maximum absolute atomic E-state index is 12.5. The summed E-state index contributed by atoms with van der Waals surface area (Å²) in [6, 6.07) is 5.11. The average Bonchev–Trinajstić information content (AvgIpc) is 2.52. The molecule has 8 heteroatoms. The van der Waals surface area contributed by atoms with Crippen molar-refractivity contribution >= 4 is 29.5 Å². The van der Waals surface area contributed by atoms with Gasteiger partial charge in [0.15, 0.2) is 15.5 Å². The summed E-state index contributed by atoms with van der Waals surface area (Å²) >= 11 is 6.43. The van der Waals surface area contributed by atoms with Crippen LogP contribution in [0.2, 0.25) is 0 Å². The number of aromatic nitrogens is 1. The molecule has 0 amide bonds. The minimum Gasteiger partial charge on any atom is -0.504 e. The molecule has 0 saturated carbocycles. The fraction of sp³-hybridized carbons (Fsp3) is 0.353. The molecule has 0 aliphatic rings. The number of phenolic OH excluding ortho intramolecular Hbond substituents is 1. The molecule has 1 atom stereocenters. The molecule has 134 valence electrons. The number of aliphatic carboxylic acids is 1. The van der Waals surface area contributed by atoms with Crippen LogP contribution in [0.25, 0.3) is 10.4 Å². The van der Waals surface area contributed by atoms with E-state index in [4.69, 9.17) is 17.0 Å². The number of rotatable bonds is 6. The molecule has 0 radical (unpaired) electrons. The number of hydrogen-bond acceptors (Lipinski definition) is 6. The maximum atomic E-state index is 12.5. The van der Waals surface area contributed by atoms with E-state index in [1.165, 1.54) is 12.1 Å². The summed E-state index contributed by atoms with van der Waals surface area (Å²) in [5, 5.41) is 19.2. The van der Waals surface area contributed by atoms with Crippen LogP contribution in [0, 0.1) is 9.87 Å². The number of phenols is 1. The highest BCUT2D eigenvalue weighted by Crippen LogP contribution is 2.33. The number of nitrogens with zero attached hydrogens (tertiary/aromatic N) is 1. The molecule has 1 heterocycles. The Morgan fingerprint density at radius 3 is 2.56 bits per heavy atom. The number of hydrogen-bond donors (Lipinski definition) is 2. The van der Waals surface area contributed by atoms with E-state index in [1.54, 1.807) is 32.9 Å². The number of carboxylic acid groups (broad SMARTS) is 1. The molecule has 0 spiro atoms. The Morgan fingerprint density at radius 1 is 1.36 bits per heavy atom. The van der Waals surface area contributed by atoms with Crippen molar-refractivity contribution in [2.24, 2.45) is 5.92 Å². The lowest BCUT2D eigenvalue weighted by atomic mass is 10.0. The van der Waals surface area contributed by atoms with E-state index in [9.17, 15) is 19.8 Å². The number of benzene rings is 1. The van der Waals surface area contributed by atoms with E-state index in [-0.39, 0.29) is 15.6 Å². The van der Waals surface area contributed by atoms with E-state index in [0.29, 0.717) is 22.8 Å². The SMILES string of the molecule is CCOc1cc(-c2cc(=O)n(C(C(=O)O)C(C)C)c(=S)s2)ccc1O. The minimum absolute atomic E-state index is 0.00767. The lowest BCUT2D eigenvalue weighted by Gasteiger charge is -2.19. The van der Waals surface area contributed by atoms with Gasteiger partial charge in [-0.1, -0.05) is 13.8 Å². The van der Waals surface area contributed by atoms with Gasteiger partial charge in [-0.25, -0.2) is 4.79 Å². The summed E-state index contributed by atoms with van der Waals surface area (Å²) in [5.41, 5.74) is 0.198. The lowest BCUT2D eigenvalue weighted by molar-refractivity contribution is -0.142. The van der Waals surface area contributed by atoms with Crippen LogP contribution in [0.15, 0.2) is 29.1 Å². The highest BCUT2D eigenvalue weighted by molar-refractivity contribution is 7.73. The van der Waals surface area contributed by atoms with Crippen molar-refractivity contribution < 1.29 is 19.7 Å². The van der Waals surface area contributed by atoms with Crippen molar-refractivity contribution in [3.8, 4) is 21.9 Å². The molecule has 1 unspecified atom stereocenters. The number of aromatic hydroxyl groups is 1. The van der Waals surface area contributed by atoms with Gasteiger partial charge in [0.1, 0.15) is 6.04 Å². The van der Waals surface area contributed by atoms with Crippen LogP contribution in [0.4, 0.5) is 0 Å². The third-order valence-electron chi connectivity index (χ3n) is 3.59. The molecule has 2 rings (SSSR count). The first-order valence-corrected chi connectivity index (χ1v) is 8.94. The normalized spacial score (nSPS) is 12.2. The van der Waals surface area contributed by atoms with Crippen LogP contribution in [0.3, 0.4) is 0 Å². The van der Waals surface area contributed by atoms with E-state index in [2.05, 4.69) is 0 Å². The number of carboxylic acids is 1. The number of ether oxygens (including phenoxy) is 1. The second-order valence-corrected chi connectivity index (χ2v) is 7.40. The fourth-order valence-corrected chi connectivity index (χ4v) is 3.84. The third kappa shape index (κ3) is 4.08. The quantitative estimate of drug-likeness (QED) is 0.742. The Balaban J connectivity index is 2.58. The van der Waals surface area contributed by atoms with Crippen LogP contribution < -0.4 is 10.3 Å². The molecular formula is C17H19NO5S2. The van der Waals surface area contributed by atoms with Crippen LogP contribution in [-0.4, -0.2) is 27.4 Å². The first-order valence-electron chi connectivity index (χ1n) is 7.72. The molecule has 1 aromatic heterocycles. The van der Waals surface area contributed by atoms with Crippen molar-refractivity contribution in [1.82, 2.24) is 4.57 Å². The van der Waals surface area contributed by atoms with Gasteiger partial charge in [-0.2, -0.15) is 0 Å². The summed E-state index contributed by atoms with van der Waals surface area (Å²) in [4.78, 5) is 24.6. The Labute approximate surface area is 154 Å². The lowest BCUT2D eigenvalue weighted by Crippen LogP contribution is -2.32. The van der Waals surface area contributed by atoms with Gasteiger partial charge in [0.05, 0.1) is 6.61 Å². The first kappa shape index (κ1) is 19.1. The summed E-state index contributed by atoms with van der Waals surface area (Å²) in [6.07, 6.45) is 0. The molecule has 0 saturated heterocycles. The summed E-state index contributed by atoms with van der Waals surface area (Å²) in [6.45, 7) is 5.65. The Kier molecular flexibility index (Phi) is 5.97. The first-order chi connectivity index (χ1) is 11.8. The molecular weight excluding hydrogens is 362 g/mol. The fourth-order valence-electron chi connectivity index (χ4n) is 2.47. The molecule has 0 bridgehead atoms. The molecule has 2 aromatic rings. The van der Waals surface area contributed by atoms with Gasteiger partial charge in [0, 0.05) is 10.9 Å². The largest absolute Gasteiger partial charge is 0.504 e. The van der Waals surface area contributed by atoms with E-state index >= 15 is 0 Å². The van der Waals surface area contributed by atoms with E-state index in [1.807, 2.05) is 0 Å². The highest BCUT2D eigenvalue weighted by Gasteiger charge is 2.26. The highest BCUT2D eigenvalue weighted by atomic mass is 32.1. The van der Waals surface area contributed by atoms with Gasteiger partial charge < -0.3 is 14.9 Å². The van der Waals surface area contributed by atoms with Crippen molar-refractivity contribution in [2.45, 2.75) is 26.8 Å². The summed E-state index contributed by atoms with van der Waals surface area (Å²) in [5.74, 6) is -1.05. The van der Waals surface area contributed by atoms with Crippen molar-refractivity contribution in [3.05, 3.63) is 38.6 Å². The molecule has 25 heavy (non-hydrogen) atoms.